The Balaban J connectivity index is 3.51. The fourth-order valence-corrected chi connectivity index (χ4v) is 0.296. The maximum atomic E-state index is 9.64. The van der Waals surface area contributed by atoms with Crippen LogP contribution in [0.25, 0.3) is 0 Å². The van der Waals surface area contributed by atoms with E-state index in [2.05, 4.69) is 15.5 Å². The van der Waals surface area contributed by atoms with Crippen LogP contribution in [0.4, 0.5) is 0 Å². The van der Waals surface area contributed by atoms with Gasteiger partial charge in [0, 0.05) is 0 Å². The van der Waals surface area contributed by atoms with Crippen LogP contribution in [-0.4, -0.2) is 19.1 Å². The lowest BCUT2D eigenvalue weighted by atomic mass is 10.3. The van der Waals surface area contributed by atoms with Crippen LogP contribution in [0.15, 0.2) is 15.5 Å². The Morgan fingerprint density at radius 2 is 1.44 bits per heavy atom. The fraction of sp³-hybridized carbons (Fsp3) is 1.00. The summed E-state index contributed by atoms with van der Waals surface area (Å²) in [4.78, 5) is 28.5. The van der Waals surface area contributed by atoms with Crippen LogP contribution >= 0.6 is 0 Å². The quantitative estimate of drug-likeness (QED) is 0.513. The summed E-state index contributed by atoms with van der Waals surface area (Å²) in [5.74, 6) is 0. The van der Waals surface area contributed by atoms with Gasteiger partial charge in [-0.25, -0.2) is 0 Å². The first-order valence-corrected chi connectivity index (χ1v) is 2.25. The monoisotopic (exact) mass is 131 g/mol. The Labute approximate surface area is 50.6 Å². The molecule has 0 atom stereocenters. The van der Waals surface area contributed by atoms with Crippen molar-refractivity contribution in [3.8, 4) is 0 Å². The van der Waals surface area contributed by atoms with Gasteiger partial charge in [0.25, 0.3) is 0 Å². The molecule has 6 heteroatoms. The molecule has 6 nitrogen and oxygen atoms in total. The van der Waals surface area contributed by atoms with Gasteiger partial charge in [0.1, 0.15) is 19.1 Å². The molecule has 0 aliphatic carbocycles. The number of hydrogen-bond acceptors (Lipinski definition) is 6. The summed E-state index contributed by atoms with van der Waals surface area (Å²) >= 11 is 0. The molecule has 0 saturated carbocycles. The summed E-state index contributed by atoms with van der Waals surface area (Å²) in [5, 5.41) is 7.20. The molecule has 0 amide bonds. The van der Waals surface area contributed by atoms with Gasteiger partial charge in [-0.1, -0.05) is 15.5 Å². The van der Waals surface area contributed by atoms with Gasteiger partial charge in [-0.2, -0.15) is 14.7 Å². The summed E-state index contributed by atoms with van der Waals surface area (Å²) in [6.07, 6.45) is 0. The predicted octanol–water partition coefficient (Wildman–Crippen LogP) is 0.654. The van der Waals surface area contributed by atoms with E-state index in [1.54, 1.807) is 0 Å². The second-order valence-corrected chi connectivity index (χ2v) is 1.38. The van der Waals surface area contributed by atoms with Crippen LogP contribution in [-0.2, 0) is 0 Å². The van der Waals surface area contributed by atoms with Crippen molar-refractivity contribution in [2.75, 3.05) is 13.1 Å². The van der Waals surface area contributed by atoms with Gasteiger partial charge in [0.15, 0.2) is 0 Å². The molecule has 0 N–H and O–H groups in total. The van der Waals surface area contributed by atoms with Crippen LogP contribution in [0.3, 0.4) is 0 Å². The van der Waals surface area contributed by atoms with Crippen molar-refractivity contribution in [2.45, 2.75) is 6.04 Å². The van der Waals surface area contributed by atoms with Gasteiger partial charge >= 0.3 is 0 Å². The third-order valence-corrected chi connectivity index (χ3v) is 0.720. The van der Waals surface area contributed by atoms with Crippen molar-refractivity contribution in [1.82, 2.24) is 0 Å². The highest BCUT2D eigenvalue weighted by atomic mass is 16.3. The number of hydrogen-bond donors (Lipinski definition) is 0. The Hall–Kier alpha value is -1.20. The molecule has 0 aromatic carbocycles. The van der Waals surface area contributed by atoms with Crippen LogP contribution in [0.5, 0.6) is 0 Å². The minimum Gasteiger partial charge on any atom is -0.151 e. The van der Waals surface area contributed by atoms with Gasteiger partial charge in [0.2, 0.25) is 0 Å². The Kier molecular flexibility index (Phi) is 4.29. The van der Waals surface area contributed by atoms with E-state index >= 15 is 0 Å². The van der Waals surface area contributed by atoms with E-state index in [1.165, 1.54) is 0 Å². The maximum Gasteiger partial charge on any atom is 0.138 e. The summed E-state index contributed by atoms with van der Waals surface area (Å²) in [7, 11) is 0. The summed E-state index contributed by atoms with van der Waals surface area (Å²) in [6, 6.07) is -0.875. The standard InChI is InChI=1S/C3H5N3O3/c7-4-1-3(6-9)2-5-8/h3H,1-2H2. The van der Waals surface area contributed by atoms with E-state index in [0.717, 1.165) is 0 Å². The summed E-state index contributed by atoms with van der Waals surface area (Å²) in [6.45, 7) is -0.537. The first-order chi connectivity index (χ1) is 4.35. The molecule has 0 aromatic heterocycles. The maximum absolute atomic E-state index is 9.64. The largest absolute Gasteiger partial charge is 0.151 e. The van der Waals surface area contributed by atoms with Crippen molar-refractivity contribution >= 4 is 0 Å². The van der Waals surface area contributed by atoms with Gasteiger partial charge < -0.3 is 0 Å². The number of nitrogens with zero attached hydrogens (tertiary/aromatic N) is 3. The molecule has 0 fully saturated rings. The van der Waals surface area contributed by atoms with E-state index in [9.17, 15) is 14.7 Å². The van der Waals surface area contributed by atoms with Gasteiger partial charge in [-0.15, -0.1) is 0 Å². The van der Waals surface area contributed by atoms with Crippen LogP contribution in [0, 0.1) is 14.7 Å². The summed E-state index contributed by atoms with van der Waals surface area (Å²) < 4.78 is 0. The molecule has 0 rings (SSSR count). The van der Waals surface area contributed by atoms with E-state index in [1.807, 2.05) is 0 Å². The second kappa shape index (κ2) is 4.95. The van der Waals surface area contributed by atoms with E-state index in [4.69, 9.17) is 0 Å². The number of nitroso groups, excluding NO2 is 3. The predicted molar refractivity (Wildman–Crippen MR) is 30.9 cm³/mol. The van der Waals surface area contributed by atoms with Crippen molar-refractivity contribution in [3.05, 3.63) is 14.7 Å². The minimum atomic E-state index is -0.875. The van der Waals surface area contributed by atoms with E-state index in [0.29, 0.717) is 0 Å². The van der Waals surface area contributed by atoms with Gasteiger partial charge in [-0.05, 0) is 0 Å². The normalized spacial score (nSPS) is 9.00. The molecule has 0 aliphatic rings. The van der Waals surface area contributed by atoms with Crippen molar-refractivity contribution in [2.24, 2.45) is 15.5 Å². The average molecular weight is 131 g/mol. The first-order valence-electron chi connectivity index (χ1n) is 2.25. The molecule has 0 aromatic rings. The Morgan fingerprint density at radius 3 is 1.67 bits per heavy atom. The van der Waals surface area contributed by atoms with Crippen molar-refractivity contribution < 1.29 is 0 Å². The molecule has 0 bridgehead atoms. The fourth-order valence-electron chi connectivity index (χ4n) is 0.296. The van der Waals surface area contributed by atoms with E-state index in [-0.39, 0.29) is 13.1 Å². The van der Waals surface area contributed by atoms with Crippen LogP contribution < -0.4 is 0 Å². The molecule has 0 spiro atoms. The van der Waals surface area contributed by atoms with Gasteiger partial charge in [0.05, 0.1) is 0 Å². The summed E-state index contributed by atoms with van der Waals surface area (Å²) in [5.41, 5.74) is 0. The molecule has 9 heavy (non-hydrogen) atoms. The smallest absolute Gasteiger partial charge is 0.138 e. The molecular weight excluding hydrogens is 126 g/mol. The molecule has 0 radical (unpaired) electrons. The molecule has 0 heterocycles. The van der Waals surface area contributed by atoms with Crippen LogP contribution in [0.1, 0.15) is 0 Å². The van der Waals surface area contributed by atoms with E-state index < -0.39 is 6.04 Å². The Morgan fingerprint density at radius 1 is 1.00 bits per heavy atom. The van der Waals surface area contributed by atoms with Crippen molar-refractivity contribution in [1.29, 1.82) is 0 Å². The molecule has 0 saturated heterocycles. The lowest BCUT2D eigenvalue weighted by molar-refractivity contribution is 0.686. The van der Waals surface area contributed by atoms with Gasteiger partial charge in [-0.3, -0.25) is 0 Å². The zero-order chi connectivity index (χ0) is 7.11. The zero-order valence-electron chi connectivity index (χ0n) is 4.56. The topological polar surface area (TPSA) is 88.3 Å². The average Bonchev–Trinajstić information content (AvgIpc) is 1.88. The Bertz CT molecular complexity index is 105. The molecule has 50 valence electrons. The van der Waals surface area contributed by atoms with Crippen LogP contribution in [0.2, 0.25) is 0 Å². The zero-order valence-corrected chi connectivity index (χ0v) is 4.56. The molecule has 0 unspecified atom stereocenters. The highest BCUT2D eigenvalue weighted by Gasteiger charge is 2.07. The second-order valence-electron chi connectivity index (χ2n) is 1.38. The highest BCUT2D eigenvalue weighted by molar-refractivity contribution is 4.69. The lowest BCUT2D eigenvalue weighted by Crippen LogP contribution is -2.10. The lowest BCUT2D eigenvalue weighted by Gasteiger charge is -1.92. The molecular formula is C3H5N3O3. The first kappa shape index (κ1) is 7.80. The third-order valence-electron chi connectivity index (χ3n) is 0.720. The van der Waals surface area contributed by atoms with Crippen molar-refractivity contribution in [3.63, 3.8) is 0 Å². The SMILES string of the molecule is O=NCC(CN=O)N=O. The number of rotatable bonds is 5. The third kappa shape index (κ3) is 3.39. The minimum absolute atomic E-state index is 0.269. The highest BCUT2D eigenvalue weighted by Crippen LogP contribution is 1.90. The molecule has 0 aliphatic heterocycles.